The number of thiophene rings is 1. The molecule has 0 spiro atoms. The number of benzene rings is 1. The summed E-state index contributed by atoms with van der Waals surface area (Å²) in [6.45, 7) is 0. The van der Waals surface area contributed by atoms with Gasteiger partial charge in [0.2, 0.25) is 5.91 Å². The Morgan fingerprint density at radius 1 is 1.30 bits per heavy atom. The number of thiazole rings is 1. The Morgan fingerprint density at radius 3 is 2.91 bits per heavy atom. The van der Waals surface area contributed by atoms with Crippen molar-refractivity contribution >= 4 is 40.0 Å². The molecule has 23 heavy (non-hydrogen) atoms. The summed E-state index contributed by atoms with van der Waals surface area (Å²) in [5.74, 6) is -0.257. The third-order valence-corrected chi connectivity index (χ3v) is 4.63. The molecule has 0 atom stereocenters. The highest BCUT2D eigenvalue weighted by Gasteiger charge is 2.11. The number of carbonyl (C=O) groups is 1. The van der Waals surface area contributed by atoms with E-state index in [2.05, 4.69) is 10.3 Å². The largest absolute Gasteiger partial charge is 0.325 e. The van der Waals surface area contributed by atoms with Crippen LogP contribution in [0.25, 0.3) is 10.6 Å². The van der Waals surface area contributed by atoms with E-state index in [9.17, 15) is 14.9 Å². The van der Waals surface area contributed by atoms with Gasteiger partial charge in [0.1, 0.15) is 5.01 Å². The smallest absolute Gasteiger partial charge is 0.271 e. The lowest BCUT2D eigenvalue weighted by molar-refractivity contribution is -0.384. The number of nitrogens with one attached hydrogen (secondary N) is 1. The van der Waals surface area contributed by atoms with Crippen LogP contribution in [0.3, 0.4) is 0 Å². The number of aromatic nitrogens is 1. The van der Waals surface area contributed by atoms with Crippen LogP contribution in [0.2, 0.25) is 0 Å². The van der Waals surface area contributed by atoms with Crippen molar-refractivity contribution in [2.45, 2.75) is 6.42 Å². The van der Waals surface area contributed by atoms with Crippen molar-refractivity contribution in [2.75, 3.05) is 5.32 Å². The van der Waals surface area contributed by atoms with Gasteiger partial charge in [-0.15, -0.1) is 11.3 Å². The summed E-state index contributed by atoms with van der Waals surface area (Å²) in [4.78, 5) is 26.7. The minimum absolute atomic E-state index is 0.0591. The van der Waals surface area contributed by atoms with Crippen molar-refractivity contribution in [3.63, 3.8) is 0 Å². The van der Waals surface area contributed by atoms with Gasteiger partial charge in [-0.05, 0) is 17.5 Å². The van der Waals surface area contributed by atoms with E-state index in [1.807, 2.05) is 22.2 Å². The Hall–Kier alpha value is -2.58. The molecule has 6 nitrogen and oxygen atoms in total. The Morgan fingerprint density at radius 2 is 2.17 bits per heavy atom. The van der Waals surface area contributed by atoms with Crippen LogP contribution in [0.5, 0.6) is 0 Å². The molecule has 0 aliphatic heterocycles. The normalized spacial score (nSPS) is 10.4. The van der Waals surface area contributed by atoms with E-state index in [-0.39, 0.29) is 18.0 Å². The molecule has 1 amide bonds. The molecule has 0 radical (unpaired) electrons. The third kappa shape index (κ3) is 3.79. The lowest BCUT2D eigenvalue weighted by atomic mass is 10.2. The van der Waals surface area contributed by atoms with Gasteiger partial charge in [0, 0.05) is 34.1 Å². The molecule has 1 N–H and O–H groups in total. The summed E-state index contributed by atoms with van der Waals surface area (Å²) in [5, 5.41) is 20.1. The van der Waals surface area contributed by atoms with Crippen LogP contribution in [-0.4, -0.2) is 15.8 Å². The Bertz CT molecular complexity index is 843. The summed E-state index contributed by atoms with van der Waals surface area (Å²) in [6.07, 6.45) is 0.128. The van der Waals surface area contributed by atoms with Gasteiger partial charge in [0.25, 0.3) is 5.69 Å². The van der Waals surface area contributed by atoms with Gasteiger partial charge in [0.15, 0.2) is 0 Å². The first-order valence-corrected chi connectivity index (χ1v) is 8.45. The topological polar surface area (TPSA) is 85.1 Å². The van der Waals surface area contributed by atoms with Crippen molar-refractivity contribution < 1.29 is 9.72 Å². The number of carbonyl (C=O) groups excluding carboxylic acids is 1. The van der Waals surface area contributed by atoms with Crippen LogP contribution in [0.1, 0.15) is 5.69 Å². The standard InChI is InChI=1S/C15H11N3O3S2/c19-14(16-11-2-1-3-13(6-11)18(20)21)7-12-9-23-15(17-12)10-4-5-22-8-10/h1-6,8-9H,7H2,(H,16,19). The van der Waals surface area contributed by atoms with Gasteiger partial charge in [-0.3, -0.25) is 14.9 Å². The van der Waals surface area contributed by atoms with E-state index in [0.29, 0.717) is 11.4 Å². The van der Waals surface area contributed by atoms with E-state index < -0.39 is 4.92 Å². The Labute approximate surface area is 139 Å². The maximum absolute atomic E-state index is 12.0. The molecule has 1 aromatic carbocycles. The highest BCUT2D eigenvalue weighted by Crippen LogP contribution is 2.26. The molecule has 3 rings (SSSR count). The minimum Gasteiger partial charge on any atom is -0.325 e. The molecule has 0 aliphatic rings. The third-order valence-electron chi connectivity index (χ3n) is 3.00. The molecule has 2 heterocycles. The first kappa shape index (κ1) is 15.3. The van der Waals surface area contributed by atoms with Crippen LogP contribution in [-0.2, 0) is 11.2 Å². The van der Waals surface area contributed by atoms with Gasteiger partial charge in [-0.25, -0.2) is 4.98 Å². The summed E-state index contributed by atoms with van der Waals surface area (Å²) >= 11 is 3.08. The van der Waals surface area contributed by atoms with Crippen LogP contribution in [0, 0.1) is 10.1 Å². The first-order valence-electron chi connectivity index (χ1n) is 6.63. The number of non-ortho nitro benzene ring substituents is 1. The van der Waals surface area contributed by atoms with E-state index >= 15 is 0 Å². The average molecular weight is 345 g/mol. The predicted octanol–water partition coefficient (Wildman–Crippen LogP) is 3.96. The highest BCUT2D eigenvalue weighted by molar-refractivity contribution is 7.14. The quantitative estimate of drug-likeness (QED) is 0.560. The molecule has 0 saturated heterocycles. The summed E-state index contributed by atoms with van der Waals surface area (Å²) in [7, 11) is 0. The van der Waals surface area contributed by atoms with Gasteiger partial charge in [0.05, 0.1) is 17.0 Å². The number of nitrogens with zero attached hydrogens (tertiary/aromatic N) is 2. The molecule has 116 valence electrons. The maximum atomic E-state index is 12.0. The van der Waals surface area contributed by atoms with Crippen molar-refractivity contribution in [1.82, 2.24) is 4.98 Å². The zero-order chi connectivity index (χ0) is 16.2. The number of amides is 1. The van der Waals surface area contributed by atoms with Crippen molar-refractivity contribution in [3.8, 4) is 10.6 Å². The summed E-state index contributed by atoms with van der Waals surface area (Å²) < 4.78 is 0. The molecule has 2 aromatic heterocycles. The van der Waals surface area contributed by atoms with Crippen LogP contribution in [0.4, 0.5) is 11.4 Å². The fraction of sp³-hybridized carbons (Fsp3) is 0.0667. The van der Waals surface area contributed by atoms with Gasteiger partial charge in [-0.2, -0.15) is 11.3 Å². The van der Waals surface area contributed by atoms with E-state index in [1.54, 1.807) is 17.4 Å². The molecule has 0 unspecified atom stereocenters. The van der Waals surface area contributed by atoms with E-state index in [0.717, 1.165) is 10.6 Å². The van der Waals surface area contributed by atoms with Gasteiger partial charge in [-0.1, -0.05) is 6.07 Å². The monoisotopic (exact) mass is 345 g/mol. The molecule has 8 heteroatoms. The van der Waals surface area contributed by atoms with Crippen LogP contribution >= 0.6 is 22.7 Å². The minimum atomic E-state index is -0.497. The maximum Gasteiger partial charge on any atom is 0.271 e. The molecule has 0 aliphatic carbocycles. The summed E-state index contributed by atoms with van der Waals surface area (Å²) in [5.41, 5.74) is 2.07. The zero-order valence-corrected chi connectivity index (χ0v) is 13.4. The van der Waals surface area contributed by atoms with Crippen LogP contribution < -0.4 is 5.32 Å². The zero-order valence-electron chi connectivity index (χ0n) is 11.8. The number of anilines is 1. The highest BCUT2D eigenvalue weighted by atomic mass is 32.1. The van der Waals surface area contributed by atoms with Gasteiger partial charge >= 0.3 is 0 Å². The van der Waals surface area contributed by atoms with Crippen LogP contribution in [0.15, 0.2) is 46.5 Å². The summed E-state index contributed by atoms with van der Waals surface area (Å²) in [6, 6.07) is 7.84. The first-order chi connectivity index (χ1) is 11.1. The fourth-order valence-corrected chi connectivity index (χ4v) is 3.51. The van der Waals surface area contributed by atoms with Crippen molar-refractivity contribution in [1.29, 1.82) is 0 Å². The SMILES string of the molecule is O=C(Cc1csc(-c2ccsc2)n1)Nc1cccc([N+](=O)[O-])c1. The molecule has 0 saturated carbocycles. The number of nitro groups is 1. The number of nitro benzene ring substituents is 1. The molecular formula is C15H11N3O3S2. The van der Waals surface area contributed by atoms with E-state index in [4.69, 9.17) is 0 Å². The molecule has 3 aromatic rings. The lowest BCUT2D eigenvalue weighted by Crippen LogP contribution is -2.14. The molecular weight excluding hydrogens is 334 g/mol. The second-order valence-corrected chi connectivity index (χ2v) is 6.33. The lowest BCUT2D eigenvalue weighted by Gasteiger charge is -2.03. The van der Waals surface area contributed by atoms with Crippen molar-refractivity contribution in [2.24, 2.45) is 0 Å². The number of rotatable bonds is 5. The molecule has 0 bridgehead atoms. The molecule has 0 fully saturated rings. The number of hydrogen-bond donors (Lipinski definition) is 1. The fourth-order valence-electron chi connectivity index (χ4n) is 1.97. The Kier molecular flexibility index (Phi) is 4.45. The van der Waals surface area contributed by atoms with E-state index in [1.165, 1.54) is 29.5 Å². The Balaban J connectivity index is 1.66. The second kappa shape index (κ2) is 6.67. The predicted molar refractivity (Wildman–Crippen MR) is 90.9 cm³/mol. The van der Waals surface area contributed by atoms with Crippen molar-refractivity contribution in [3.05, 3.63) is 62.3 Å². The average Bonchev–Trinajstić information content (AvgIpc) is 3.18. The van der Waals surface area contributed by atoms with Gasteiger partial charge < -0.3 is 5.32 Å². The number of hydrogen-bond acceptors (Lipinski definition) is 6. The second-order valence-electron chi connectivity index (χ2n) is 4.69.